The molecule has 4 nitrogen and oxygen atoms in total. The maximum absolute atomic E-state index is 10.6. The first kappa shape index (κ1) is 9.08. The standard InChI is InChI=1S/C9H5BrN2O2/c10-6-3-1-2-5-4-7(9(13)14)11-12-8(5)6/h1-4H,(H,13,14). The van der Waals surface area contributed by atoms with Crippen LogP contribution in [-0.4, -0.2) is 21.3 Å². The smallest absolute Gasteiger partial charge is 0.356 e. The van der Waals surface area contributed by atoms with Crippen molar-refractivity contribution in [1.29, 1.82) is 0 Å². The van der Waals surface area contributed by atoms with Gasteiger partial charge in [0.25, 0.3) is 0 Å². The third kappa shape index (κ3) is 1.46. The Bertz CT molecular complexity index is 513. The number of carboxylic acids is 1. The topological polar surface area (TPSA) is 63.1 Å². The first-order valence-electron chi connectivity index (χ1n) is 3.84. The van der Waals surface area contributed by atoms with Crippen LogP contribution in [0.2, 0.25) is 0 Å². The molecule has 1 aromatic carbocycles. The van der Waals surface area contributed by atoms with Gasteiger partial charge in [0.2, 0.25) is 0 Å². The molecule has 0 aliphatic rings. The molecule has 0 fully saturated rings. The van der Waals surface area contributed by atoms with Crippen molar-refractivity contribution in [2.45, 2.75) is 0 Å². The third-order valence-corrected chi connectivity index (χ3v) is 2.43. The summed E-state index contributed by atoms with van der Waals surface area (Å²) in [6.45, 7) is 0. The maximum atomic E-state index is 10.6. The van der Waals surface area contributed by atoms with E-state index in [2.05, 4.69) is 26.1 Å². The second-order valence-electron chi connectivity index (χ2n) is 2.71. The van der Waals surface area contributed by atoms with E-state index >= 15 is 0 Å². The van der Waals surface area contributed by atoms with Gasteiger partial charge in [-0.1, -0.05) is 12.1 Å². The molecule has 1 heterocycles. The van der Waals surface area contributed by atoms with Gasteiger partial charge in [-0.15, -0.1) is 10.2 Å². The molecule has 0 aliphatic heterocycles. The van der Waals surface area contributed by atoms with Crippen molar-refractivity contribution in [3.8, 4) is 0 Å². The lowest BCUT2D eigenvalue weighted by molar-refractivity contribution is 0.0689. The number of rotatable bonds is 1. The van der Waals surface area contributed by atoms with Crippen LogP contribution in [-0.2, 0) is 0 Å². The fourth-order valence-corrected chi connectivity index (χ4v) is 1.60. The van der Waals surface area contributed by atoms with Crippen molar-refractivity contribution >= 4 is 32.8 Å². The number of carbonyl (C=O) groups is 1. The number of hydrogen-bond acceptors (Lipinski definition) is 3. The average molecular weight is 253 g/mol. The third-order valence-electron chi connectivity index (χ3n) is 1.79. The maximum Gasteiger partial charge on any atom is 0.356 e. The highest BCUT2D eigenvalue weighted by Crippen LogP contribution is 2.21. The van der Waals surface area contributed by atoms with E-state index in [-0.39, 0.29) is 5.69 Å². The SMILES string of the molecule is O=C(O)c1cc2cccc(Br)c2nn1. The van der Waals surface area contributed by atoms with Crippen LogP contribution in [0.15, 0.2) is 28.7 Å². The lowest BCUT2D eigenvalue weighted by Crippen LogP contribution is -2.01. The number of halogens is 1. The summed E-state index contributed by atoms with van der Waals surface area (Å²) in [5.74, 6) is -1.07. The summed E-state index contributed by atoms with van der Waals surface area (Å²) in [6, 6.07) is 6.94. The molecular weight excluding hydrogens is 248 g/mol. The van der Waals surface area contributed by atoms with Crippen LogP contribution in [0.3, 0.4) is 0 Å². The van der Waals surface area contributed by atoms with Crippen LogP contribution in [0.1, 0.15) is 10.5 Å². The van der Waals surface area contributed by atoms with Crippen LogP contribution in [0, 0.1) is 0 Å². The Labute approximate surface area is 87.7 Å². The van der Waals surface area contributed by atoms with Gasteiger partial charge in [-0.25, -0.2) is 4.79 Å². The number of aromatic nitrogens is 2. The Hall–Kier alpha value is -1.49. The molecule has 0 radical (unpaired) electrons. The van der Waals surface area contributed by atoms with Crippen LogP contribution >= 0.6 is 15.9 Å². The van der Waals surface area contributed by atoms with Crippen LogP contribution in [0.25, 0.3) is 10.9 Å². The number of fused-ring (bicyclic) bond motifs is 1. The predicted octanol–water partition coefficient (Wildman–Crippen LogP) is 2.09. The first-order chi connectivity index (χ1) is 6.68. The zero-order valence-corrected chi connectivity index (χ0v) is 8.52. The Balaban J connectivity index is 2.73. The molecule has 70 valence electrons. The molecule has 0 saturated heterocycles. The Morgan fingerprint density at radius 2 is 2.14 bits per heavy atom. The van der Waals surface area contributed by atoms with Crippen molar-refractivity contribution in [2.24, 2.45) is 0 Å². The molecule has 0 spiro atoms. The summed E-state index contributed by atoms with van der Waals surface area (Å²) in [7, 11) is 0. The van der Waals surface area contributed by atoms with Crippen LogP contribution in [0.5, 0.6) is 0 Å². The zero-order valence-electron chi connectivity index (χ0n) is 6.94. The number of aromatic carboxylic acids is 1. The molecule has 0 atom stereocenters. The minimum absolute atomic E-state index is 0.0457. The molecule has 2 aromatic rings. The van der Waals surface area contributed by atoms with E-state index < -0.39 is 5.97 Å². The average Bonchev–Trinajstić information content (AvgIpc) is 2.17. The molecule has 0 bridgehead atoms. The van der Waals surface area contributed by atoms with E-state index in [0.717, 1.165) is 9.86 Å². The molecule has 1 N–H and O–H groups in total. The summed E-state index contributed by atoms with van der Waals surface area (Å²) in [6.07, 6.45) is 0. The minimum atomic E-state index is -1.07. The normalized spacial score (nSPS) is 10.4. The minimum Gasteiger partial charge on any atom is -0.476 e. The van der Waals surface area contributed by atoms with E-state index in [1.165, 1.54) is 6.07 Å². The van der Waals surface area contributed by atoms with Crippen molar-refractivity contribution in [3.63, 3.8) is 0 Å². The first-order valence-corrected chi connectivity index (χ1v) is 4.63. The number of nitrogens with zero attached hydrogens (tertiary/aromatic N) is 2. The summed E-state index contributed by atoms with van der Waals surface area (Å²) in [5.41, 5.74) is 0.619. The molecule has 14 heavy (non-hydrogen) atoms. The molecule has 2 rings (SSSR count). The van der Waals surface area contributed by atoms with Crippen molar-refractivity contribution in [2.75, 3.05) is 0 Å². The zero-order chi connectivity index (χ0) is 10.1. The van der Waals surface area contributed by atoms with Crippen LogP contribution < -0.4 is 0 Å². The summed E-state index contributed by atoms with van der Waals surface area (Å²) >= 11 is 3.31. The van der Waals surface area contributed by atoms with Gasteiger partial charge in [0, 0.05) is 9.86 Å². The molecule has 5 heteroatoms. The molecule has 1 aromatic heterocycles. The van der Waals surface area contributed by atoms with Crippen molar-refractivity contribution in [3.05, 3.63) is 34.4 Å². The predicted molar refractivity (Wildman–Crippen MR) is 54.2 cm³/mol. The molecule has 0 unspecified atom stereocenters. The van der Waals surface area contributed by atoms with E-state index in [0.29, 0.717) is 5.52 Å². The lowest BCUT2D eigenvalue weighted by Gasteiger charge is -1.98. The van der Waals surface area contributed by atoms with E-state index in [4.69, 9.17) is 5.11 Å². The Morgan fingerprint density at radius 3 is 2.86 bits per heavy atom. The van der Waals surface area contributed by atoms with E-state index in [1.54, 1.807) is 6.07 Å². The van der Waals surface area contributed by atoms with Crippen molar-refractivity contribution in [1.82, 2.24) is 10.2 Å². The second-order valence-corrected chi connectivity index (χ2v) is 3.57. The van der Waals surface area contributed by atoms with E-state index in [1.807, 2.05) is 12.1 Å². The largest absolute Gasteiger partial charge is 0.476 e. The quantitative estimate of drug-likeness (QED) is 0.845. The van der Waals surface area contributed by atoms with Gasteiger partial charge in [-0.3, -0.25) is 0 Å². The molecule has 0 saturated carbocycles. The van der Waals surface area contributed by atoms with Gasteiger partial charge < -0.3 is 5.11 Å². The Morgan fingerprint density at radius 1 is 1.36 bits per heavy atom. The fourth-order valence-electron chi connectivity index (χ4n) is 1.14. The van der Waals surface area contributed by atoms with Crippen LogP contribution in [0.4, 0.5) is 0 Å². The van der Waals surface area contributed by atoms with Gasteiger partial charge in [0.1, 0.15) is 5.52 Å². The van der Waals surface area contributed by atoms with Gasteiger partial charge in [-0.05, 0) is 28.1 Å². The molecule has 0 amide bonds. The second kappa shape index (κ2) is 3.34. The monoisotopic (exact) mass is 252 g/mol. The summed E-state index contributed by atoms with van der Waals surface area (Å²) < 4.78 is 0.805. The van der Waals surface area contributed by atoms with Gasteiger partial charge in [-0.2, -0.15) is 0 Å². The van der Waals surface area contributed by atoms with E-state index in [9.17, 15) is 4.79 Å². The highest BCUT2D eigenvalue weighted by atomic mass is 79.9. The summed E-state index contributed by atoms with van der Waals surface area (Å²) in [5, 5.41) is 16.9. The van der Waals surface area contributed by atoms with Gasteiger partial charge in [0.05, 0.1) is 0 Å². The molecular formula is C9H5BrN2O2. The van der Waals surface area contributed by atoms with Crippen molar-refractivity contribution < 1.29 is 9.90 Å². The Kier molecular flexibility index (Phi) is 2.17. The number of benzene rings is 1. The number of carboxylic acid groups (broad SMARTS) is 1. The summed E-state index contributed by atoms with van der Waals surface area (Å²) in [4.78, 5) is 10.6. The lowest BCUT2D eigenvalue weighted by atomic mass is 10.2. The fraction of sp³-hybridized carbons (Fsp3) is 0. The van der Waals surface area contributed by atoms with Gasteiger partial charge >= 0.3 is 5.97 Å². The molecule has 0 aliphatic carbocycles. The highest BCUT2D eigenvalue weighted by Gasteiger charge is 2.07. The highest BCUT2D eigenvalue weighted by molar-refractivity contribution is 9.10. The number of hydrogen-bond donors (Lipinski definition) is 1. The van der Waals surface area contributed by atoms with Gasteiger partial charge in [0.15, 0.2) is 5.69 Å².